The third-order valence-electron chi connectivity index (χ3n) is 4.08. The molecule has 1 aromatic rings. The fraction of sp³-hybridized carbons (Fsp3) is 0.583. The Kier molecular flexibility index (Phi) is 2.83. The zero-order valence-corrected chi connectivity index (χ0v) is 11.0. The summed E-state index contributed by atoms with van der Waals surface area (Å²) in [5.41, 5.74) is 5.94. The van der Waals surface area contributed by atoms with Gasteiger partial charge in [0.2, 0.25) is 5.95 Å². The number of aromatic nitrogens is 1. The second-order valence-corrected chi connectivity index (χ2v) is 5.55. The molecule has 98 valence electrons. The summed E-state index contributed by atoms with van der Waals surface area (Å²) in [6.07, 6.45) is 1.20. The zero-order chi connectivity index (χ0) is 12.9. The van der Waals surface area contributed by atoms with E-state index >= 15 is 0 Å². The lowest BCUT2D eigenvalue weighted by atomic mass is 10.1. The lowest BCUT2D eigenvalue weighted by molar-refractivity contribution is 0.310. The average Bonchev–Trinajstić information content (AvgIpc) is 2.88. The average molecular weight is 271 g/mol. The van der Waals surface area contributed by atoms with Crippen LogP contribution in [0, 0.1) is 11.9 Å². The van der Waals surface area contributed by atoms with Gasteiger partial charge in [-0.05, 0) is 25.9 Å². The van der Waals surface area contributed by atoms with E-state index in [1.165, 1.54) is 6.42 Å². The van der Waals surface area contributed by atoms with E-state index in [0.717, 1.165) is 19.6 Å². The normalized spacial score (nSPS) is 27.8. The van der Waals surface area contributed by atoms with Gasteiger partial charge in [-0.25, -0.2) is 4.98 Å². The van der Waals surface area contributed by atoms with Gasteiger partial charge in [-0.3, -0.25) is 0 Å². The lowest BCUT2D eigenvalue weighted by Gasteiger charge is -2.21. The number of likely N-dealkylation sites (tertiary alicyclic amines) is 1. The Morgan fingerprint density at radius 1 is 1.50 bits per heavy atom. The molecule has 1 aromatic heterocycles. The van der Waals surface area contributed by atoms with Gasteiger partial charge in [0.25, 0.3) is 0 Å². The van der Waals surface area contributed by atoms with Crippen molar-refractivity contribution in [2.75, 3.05) is 37.3 Å². The molecular formula is C12H16ClFN4. The van der Waals surface area contributed by atoms with Crippen LogP contribution in [0.5, 0.6) is 0 Å². The number of anilines is 2. The molecule has 0 aliphatic carbocycles. The first-order chi connectivity index (χ1) is 8.56. The Bertz CT molecular complexity index is 458. The van der Waals surface area contributed by atoms with Crippen LogP contribution in [0.3, 0.4) is 0 Å². The van der Waals surface area contributed by atoms with Crippen LogP contribution in [0.1, 0.15) is 6.42 Å². The van der Waals surface area contributed by atoms with Crippen LogP contribution in [-0.4, -0.2) is 42.6 Å². The van der Waals surface area contributed by atoms with E-state index in [-0.39, 0.29) is 10.7 Å². The monoisotopic (exact) mass is 270 g/mol. The van der Waals surface area contributed by atoms with Crippen molar-refractivity contribution in [3.8, 4) is 0 Å². The van der Waals surface area contributed by atoms with E-state index in [4.69, 9.17) is 17.3 Å². The minimum absolute atomic E-state index is 0.0877. The van der Waals surface area contributed by atoms with Gasteiger partial charge in [0.05, 0.1) is 5.69 Å². The molecule has 0 amide bonds. The fourth-order valence-corrected chi connectivity index (χ4v) is 3.12. The molecule has 2 aliphatic heterocycles. The van der Waals surface area contributed by atoms with Gasteiger partial charge in [0, 0.05) is 25.2 Å². The summed E-state index contributed by atoms with van der Waals surface area (Å²) in [5, 5.41) is -0.0877. The molecule has 2 atom stereocenters. The van der Waals surface area contributed by atoms with Crippen LogP contribution >= 0.6 is 11.6 Å². The van der Waals surface area contributed by atoms with Crippen molar-refractivity contribution in [3.63, 3.8) is 0 Å². The van der Waals surface area contributed by atoms with Gasteiger partial charge >= 0.3 is 0 Å². The molecule has 0 aromatic carbocycles. The first-order valence-corrected chi connectivity index (χ1v) is 6.50. The predicted molar refractivity (Wildman–Crippen MR) is 70.4 cm³/mol. The van der Waals surface area contributed by atoms with Gasteiger partial charge in [0.15, 0.2) is 0 Å². The van der Waals surface area contributed by atoms with Gasteiger partial charge < -0.3 is 15.5 Å². The Hall–Kier alpha value is -1.07. The molecule has 6 heteroatoms. The quantitative estimate of drug-likeness (QED) is 0.788. The number of fused-ring (bicyclic) bond motifs is 1. The van der Waals surface area contributed by atoms with Crippen molar-refractivity contribution >= 4 is 23.1 Å². The number of likely N-dealkylation sites (N-methyl/N-ethyl adjacent to an activating group) is 1. The molecule has 18 heavy (non-hydrogen) atoms. The van der Waals surface area contributed by atoms with Crippen LogP contribution in [-0.2, 0) is 0 Å². The Balaban J connectivity index is 1.85. The topological polar surface area (TPSA) is 45.4 Å². The SMILES string of the molecule is CN1CCC2CN(c3cc(N)c(Cl)c(F)n3)CC21. The molecule has 2 fully saturated rings. The maximum absolute atomic E-state index is 13.5. The first kappa shape index (κ1) is 12.0. The third-order valence-corrected chi connectivity index (χ3v) is 4.46. The highest BCUT2D eigenvalue weighted by Gasteiger charge is 2.40. The molecule has 0 spiro atoms. The third kappa shape index (κ3) is 1.82. The molecule has 2 aliphatic rings. The van der Waals surface area contributed by atoms with Gasteiger partial charge in [-0.1, -0.05) is 11.6 Å². The van der Waals surface area contributed by atoms with Crippen LogP contribution in [0.2, 0.25) is 5.02 Å². The van der Waals surface area contributed by atoms with E-state index in [2.05, 4.69) is 21.8 Å². The van der Waals surface area contributed by atoms with E-state index in [1.807, 2.05) is 0 Å². The maximum atomic E-state index is 13.5. The Labute approximate surface area is 111 Å². The number of halogens is 2. The van der Waals surface area contributed by atoms with Gasteiger partial charge in [0.1, 0.15) is 10.8 Å². The predicted octanol–water partition coefficient (Wildman–Crippen LogP) is 1.60. The fourth-order valence-electron chi connectivity index (χ4n) is 3.02. The van der Waals surface area contributed by atoms with Crippen molar-refractivity contribution in [1.82, 2.24) is 9.88 Å². The summed E-state index contributed by atoms with van der Waals surface area (Å²) in [7, 11) is 2.14. The minimum Gasteiger partial charge on any atom is -0.397 e. The van der Waals surface area contributed by atoms with E-state index in [0.29, 0.717) is 17.8 Å². The number of rotatable bonds is 1. The van der Waals surface area contributed by atoms with Gasteiger partial charge in [-0.2, -0.15) is 4.39 Å². The minimum atomic E-state index is -0.683. The summed E-state index contributed by atoms with van der Waals surface area (Å²) >= 11 is 5.69. The number of hydrogen-bond acceptors (Lipinski definition) is 4. The molecule has 0 saturated carbocycles. The maximum Gasteiger partial charge on any atom is 0.235 e. The summed E-state index contributed by atoms with van der Waals surface area (Å²) in [4.78, 5) is 8.36. The summed E-state index contributed by atoms with van der Waals surface area (Å²) < 4.78 is 13.5. The molecule has 2 unspecified atom stereocenters. The van der Waals surface area contributed by atoms with Crippen LogP contribution in [0.25, 0.3) is 0 Å². The number of hydrogen-bond donors (Lipinski definition) is 1. The highest BCUT2D eigenvalue weighted by Crippen LogP contribution is 2.34. The largest absolute Gasteiger partial charge is 0.397 e. The highest BCUT2D eigenvalue weighted by molar-refractivity contribution is 6.33. The second kappa shape index (κ2) is 4.24. The zero-order valence-electron chi connectivity index (χ0n) is 10.2. The van der Waals surface area contributed by atoms with Crippen molar-refractivity contribution in [3.05, 3.63) is 17.0 Å². The van der Waals surface area contributed by atoms with Crippen LogP contribution < -0.4 is 10.6 Å². The molecule has 2 N–H and O–H groups in total. The van der Waals surface area contributed by atoms with Crippen LogP contribution in [0.15, 0.2) is 6.07 Å². The molecule has 0 bridgehead atoms. The molecule has 3 heterocycles. The Morgan fingerprint density at radius 2 is 2.28 bits per heavy atom. The smallest absolute Gasteiger partial charge is 0.235 e. The van der Waals surface area contributed by atoms with Crippen LogP contribution in [0.4, 0.5) is 15.9 Å². The summed E-state index contributed by atoms with van der Waals surface area (Å²) in [6.45, 7) is 2.95. The number of pyridine rings is 1. The van der Waals surface area contributed by atoms with Crippen molar-refractivity contribution in [2.24, 2.45) is 5.92 Å². The standard InChI is InChI=1S/C12H16ClFN4/c1-17-3-2-7-5-18(6-9(7)17)10-4-8(15)11(13)12(14)16-10/h4,7,9H,2-3,5-6H2,1H3,(H2,15,16). The van der Waals surface area contributed by atoms with E-state index in [1.54, 1.807) is 6.07 Å². The lowest BCUT2D eigenvalue weighted by Crippen LogP contribution is -2.32. The van der Waals surface area contributed by atoms with Gasteiger partial charge in [-0.15, -0.1) is 0 Å². The molecule has 3 rings (SSSR count). The van der Waals surface area contributed by atoms with Crippen molar-refractivity contribution in [2.45, 2.75) is 12.5 Å². The first-order valence-electron chi connectivity index (χ1n) is 6.13. The molecule has 2 saturated heterocycles. The molecule has 4 nitrogen and oxygen atoms in total. The second-order valence-electron chi connectivity index (χ2n) is 5.18. The summed E-state index contributed by atoms with van der Waals surface area (Å²) in [5.74, 6) is 0.561. The van der Waals surface area contributed by atoms with Crippen molar-refractivity contribution in [1.29, 1.82) is 0 Å². The molecular weight excluding hydrogens is 255 g/mol. The number of nitrogens with two attached hydrogens (primary N) is 1. The van der Waals surface area contributed by atoms with E-state index < -0.39 is 5.95 Å². The van der Waals surface area contributed by atoms with E-state index in [9.17, 15) is 4.39 Å². The number of nitrogen functional groups attached to an aromatic ring is 1. The molecule has 0 radical (unpaired) electrons. The van der Waals surface area contributed by atoms with Crippen molar-refractivity contribution < 1.29 is 4.39 Å². The number of nitrogens with zero attached hydrogens (tertiary/aromatic N) is 3. The summed E-state index contributed by atoms with van der Waals surface area (Å²) in [6, 6.07) is 2.21. The Morgan fingerprint density at radius 3 is 2.94 bits per heavy atom. The highest BCUT2D eigenvalue weighted by atomic mass is 35.5.